The van der Waals surface area contributed by atoms with E-state index in [1.165, 1.54) is 24.2 Å². The zero-order valence-corrected chi connectivity index (χ0v) is 13.1. The number of thiazole rings is 1. The van der Waals surface area contributed by atoms with Crippen LogP contribution in [0.15, 0.2) is 10.9 Å². The van der Waals surface area contributed by atoms with E-state index < -0.39 is 0 Å². The van der Waals surface area contributed by atoms with Crippen molar-refractivity contribution in [1.29, 1.82) is 0 Å². The molecule has 2 aromatic rings. The summed E-state index contributed by atoms with van der Waals surface area (Å²) in [5.74, 6) is 1.18. The Hall–Kier alpha value is -1.40. The summed E-state index contributed by atoms with van der Waals surface area (Å²) in [6, 6.07) is 0.714. The highest BCUT2D eigenvalue weighted by molar-refractivity contribution is 7.07. The van der Waals surface area contributed by atoms with Gasteiger partial charge in [0, 0.05) is 37.6 Å². The standard InChI is InChI=1S/C14H21N5S/c1-10-13(6-15-11-4-5-11)14(19(3)17-10)18(2)7-12-8-20-9-16-12/h8-9,11,15H,4-7H2,1-3H3. The highest BCUT2D eigenvalue weighted by atomic mass is 32.1. The Morgan fingerprint density at radius 1 is 1.50 bits per heavy atom. The maximum absolute atomic E-state index is 4.58. The number of nitrogens with zero attached hydrogens (tertiary/aromatic N) is 4. The summed E-state index contributed by atoms with van der Waals surface area (Å²) in [4.78, 5) is 6.60. The zero-order chi connectivity index (χ0) is 14.1. The third-order valence-corrected chi connectivity index (χ3v) is 4.34. The number of aryl methyl sites for hydroxylation is 2. The van der Waals surface area contributed by atoms with Crippen molar-refractivity contribution in [2.24, 2.45) is 7.05 Å². The average molecular weight is 291 g/mol. The van der Waals surface area contributed by atoms with Gasteiger partial charge < -0.3 is 10.2 Å². The molecule has 0 unspecified atom stereocenters. The van der Waals surface area contributed by atoms with E-state index in [9.17, 15) is 0 Å². The minimum atomic E-state index is 0.714. The second kappa shape index (κ2) is 5.54. The van der Waals surface area contributed by atoms with E-state index in [2.05, 4.69) is 39.7 Å². The van der Waals surface area contributed by atoms with Crippen LogP contribution in [0.25, 0.3) is 0 Å². The molecule has 0 saturated heterocycles. The molecule has 1 aliphatic rings. The molecule has 0 bridgehead atoms. The van der Waals surface area contributed by atoms with Gasteiger partial charge in [0.25, 0.3) is 0 Å². The number of rotatable bonds is 6. The first-order valence-electron chi connectivity index (χ1n) is 6.99. The van der Waals surface area contributed by atoms with Crippen molar-refractivity contribution in [1.82, 2.24) is 20.1 Å². The molecule has 3 rings (SSSR count). The third kappa shape index (κ3) is 2.86. The molecule has 0 aliphatic heterocycles. The van der Waals surface area contributed by atoms with Crippen molar-refractivity contribution in [2.45, 2.75) is 38.9 Å². The van der Waals surface area contributed by atoms with Crippen molar-refractivity contribution in [3.05, 3.63) is 27.8 Å². The summed E-state index contributed by atoms with van der Waals surface area (Å²) >= 11 is 1.64. The van der Waals surface area contributed by atoms with Crippen molar-refractivity contribution in [3.8, 4) is 0 Å². The molecule has 0 amide bonds. The van der Waals surface area contributed by atoms with Gasteiger partial charge >= 0.3 is 0 Å². The minimum absolute atomic E-state index is 0.714. The van der Waals surface area contributed by atoms with Crippen LogP contribution in [0.3, 0.4) is 0 Å². The lowest BCUT2D eigenvalue weighted by molar-refractivity contribution is 0.679. The molecule has 0 atom stereocenters. The van der Waals surface area contributed by atoms with Crippen LogP contribution in [0, 0.1) is 6.92 Å². The molecule has 2 heterocycles. The summed E-state index contributed by atoms with van der Waals surface area (Å²) in [6.07, 6.45) is 2.62. The van der Waals surface area contributed by atoms with E-state index in [1.807, 2.05) is 17.2 Å². The first-order valence-corrected chi connectivity index (χ1v) is 7.93. The Labute approximate surface area is 123 Å². The van der Waals surface area contributed by atoms with Gasteiger partial charge in [0.05, 0.1) is 23.4 Å². The Bertz CT molecular complexity index is 571. The third-order valence-electron chi connectivity index (χ3n) is 3.70. The van der Waals surface area contributed by atoms with E-state index in [0.29, 0.717) is 6.04 Å². The van der Waals surface area contributed by atoms with Crippen molar-refractivity contribution >= 4 is 17.2 Å². The van der Waals surface area contributed by atoms with Crippen molar-refractivity contribution in [2.75, 3.05) is 11.9 Å². The number of hydrogen-bond donors (Lipinski definition) is 1. The van der Waals surface area contributed by atoms with Gasteiger partial charge in [0.15, 0.2) is 0 Å². The van der Waals surface area contributed by atoms with Gasteiger partial charge in [-0.1, -0.05) is 0 Å². The Morgan fingerprint density at radius 3 is 2.95 bits per heavy atom. The molecule has 0 spiro atoms. The fraction of sp³-hybridized carbons (Fsp3) is 0.571. The van der Waals surface area contributed by atoms with Gasteiger partial charge in [-0.3, -0.25) is 4.68 Å². The van der Waals surface area contributed by atoms with Crippen LogP contribution in [0.2, 0.25) is 0 Å². The summed E-state index contributed by atoms with van der Waals surface area (Å²) in [7, 11) is 4.12. The minimum Gasteiger partial charge on any atom is -0.354 e. The molecule has 1 aliphatic carbocycles. The molecular formula is C14H21N5S. The van der Waals surface area contributed by atoms with Crippen molar-refractivity contribution < 1.29 is 0 Å². The van der Waals surface area contributed by atoms with Gasteiger partial charge in [-0.15, -0.1) is 11.3 Å². The van der Waals surface area contributed by atoms with Gasteiger partial charge in [0.2, 0.25) is 0 Å². The monoisotopic (exact) mass is 291 g/mol. The molecule has 1 fully saturated rings. The van der Waals surface area contributed by atoms with E-state index in [-0.39, 0.29) is 0 Å². The quantitative estimate of drug-likeness (QED) is 0.885. The highest BCUT2D eigenvalue weighted by Gasteiger charge is 2.23. The van der Waals surface area contributed by atoms with Crippen LogP contribution in [0.1, 0.15) is 29.8 Å². The number of hydrogen-bond acceptors (Lipinski definition) is 5. The molecule has 1 saturated carbocycles. The van der Waals surface area contributed by atoms with Crippen LogP contribution in [0.4, 0.5) is 5.82 Å². The Kier molecular flexibility index (Phi) is 3.76. The average Bonchev–Trinajstić information content (AvgIpc) is 3.00. The van der Waals surface area contributed by atoms with Gasteiger partial charge in [-0.2, -0.15) is 5.10 Å². The lowest BCUT2D eigenvalue weighted by Gasteiger charge is -2.20. The highest BCUT2D eigenvalue weighted by Crippen LogP contribution is 2.26. The van der Waals surface area contributed by atoms with Gasteiger partial charge in [0.1, 0.15) is 5.82 Å². The fourth-order valence-corrected chi connectivity index (χ4v) is 3.09. The number of nitrogens with one attached hydrogen (secondary N) is 1. The topological polar surface area (TPSA) is 46.0 Å². The molecule has 2 aromatic heterocycles. The van der Waals surface area contributed by atoms with Gasteiger partial charge in [-0.25, -0.2) is 4.98 Å². The first-order chi connectivity index (χ1) is 9.65. The number of anilines is 1. The first kappa shape index (κ1) is 13.6. The molecule has 1 N–H and O–H groups in total. The number of aromatic nitrogens is 3. The largest absolute Gasteiger partial charge is 0.354 e. The maximum Gasteiger partial charge on any atom is 0.131 e. The molecular weight excluding hydrogens is 270 g/mol. The van der Waals surface area contributed by atoms with E-state index in [1.54, 1.807) is 11.3 Å². The lowest BCUT2D eigenvalue weighted by Crippen LogP contribution is -2.23. The second-order valence-electron chi connectivity index (χ2n) is 5.50. The second-order valence-corrected chi connectivity index (χ2v) is 6.22. The van der Waals surface area contributed by atoms with Crippen molar-refractivity contribution in [3.63, 3.8) is 0 Å². The zero-order valence-electron chi connectivity index (χ0n) is 12.3. The van der Waals surface area contributed by atoms with E-state index in [0.717, 1.165) is 24.5 Å². The predicted octanol–water partition coefficient (Wildman–Crippen LogP) is 2.07. The van der Waals surface area contributed by atoms with Crippen LogP contribution in [-0.2, 0) is 20.1 Å². The Morgan fingerprint density at radius 2 is 2.30 bits per heavy atom. The molecule has 5 nitrogen and oxygen atoms in total. The normalized spacial score (nSPS) is 14.8. The van der Waals surface area contributed by atoms with Crippen LogP contribution in [0.5, 0.6) is 0 Å². The lowest BCUT2D eigenvalue weighted by atomic mass is 10.2. The molecule has 20 heavy (non-hydrogen) atoms. The molecule has 108 valence electrons. The van der Waals surface area contributed by atoms with Gasteiger partial charge in [-0.05, 0) is 19.8 Å². The summed E-state index contributed by atoms with van der Waals surface area (Å²) in [5.41, 5.74) is 5.41. The summed E-state index contributed by atoms with van der Waals surface area (Å²) in [6.45, 7) is 3.81. The van der Waals surface area contributed by atoms with Crippen LogP contribution >= 0.6 is 11.3 Å². The predicted molar refractivity (Wildman–Crippen MR) is 82.0 cm³/mol. The SMILES string of the molecule is Cc1nn(C)c(N(C)Cc2cscn2)c1CNC1CC1. The smallest absolute Gasteiger partial charge is 0.131 e. The fourth-order valence-electron chi connectivity index (χ4n) is 2.54. The Balaban J connectivity index is 1.78. The summed E-state index contributed by atoms with van der Waals surface area (Å²) < 4.78 is 1.98. The molecule has 0 radical (unpaired) electrons. The van der Waals surface area contributed by atoms with Crippen LogP contribution < -0.4 is 10.2 Å². The maximum atomic E-state index is 4.58. The summed E-state index contributed by atoms with van der Waals surface area (Å²) in [5, 5.41) is 10.3. The molecule has 0 aromatic carbocycles. The van der Waals surface area contributed by atoms with Crippen LogP contribution in [-0.4, -0.2) is 27.9 Å². The van der Waals surface area contributed by atoms with E-state index in [4.69, 9.17) is 0 Å². The van der Waals surface area contributed by atoms with E-state index >= 15 is 0 Å². The molecule has 6 heteroatoms.